The molecule has 2 aromatic rings. The van der Waals surface area contributed by atoms with E-state index in [0.29, 0.717) is 23.9 Å². The number of hydrogen-bond acceptors (Lipinski definition) is 7. The summed E-state index contributed by atoms with van der Waals surface area (Å²) < 4.78 is 4.98. The lowest BCUT2D eigenvalue weighted by atomic mass is 9.97. The molecule has 0 saturated carbocycles. The van der Waals surface area contributed by atoms with Crippen molar-refractivity contribution in [3.05, 3.63) is 47.7 Å². The van der Waals surface area contributed by atoms with Crippen LogP contribution in [0.1, 0.15) is 49.4 Å². The summed E-state index contributed by atoms with van der Waals surface area (Å²) in [6.07, 6.45) is 9.91. The molecule has 1 aromatic carbocycles. The van der Waals surface area contributed by atoms with E-state index in [-0.39, 0.29) is 5.97 Å². The fraction of sp³-hybridized carbons (Fsp3) is 0.400. The van der Waals surface area contributed by atoms with Crippen LogP contribution in [0.15, 0.2) is 42.1 Å². The number of benzene rings is 1. The predicted molar refractivity (Wildman–Crippen MR) is 105 cm³/mol. The van der Waals surface area contributed by atoms with E-state index in [2.05, 4.69) is 31.9 Å². The van der Waals surface area contributed by atoms with Crippen molar-refractivity contribution in [2.24, 2.45) is 0 Å². The minimum Gasteiger partial charge on any atom is -0.462 e. The summed E-state index contributed by atoms with van der Waals surface area (Å²) in [5, 5.41) is 14.4. The molecule has 142 valence electrons. The third-order valence-corrected chi connectivity index (χ3v) is 4.34. The van der Waals surface area contributed by atoms with Gasteiger partial charge in [-0.2, -0.15) is 10.1 Å². The highest BCUT2D eigenvalue weighted by Crippen LogP contribution is 2.20. The minimum absolute atomic E-state index is 0.327. The van der Waals surface area contributed by atoms with Gasteiger partial charge in [-0.1, -0.05) is 11.6 Å². The maximum atomic E-state index is 11.7. The van der Waals surface area contributed by atoms with E-state index < -0.39 is 0 Å². The Hall–Kier alpha value is -2.96. The van der Waals surface area contributed by atoms with Crippen molar-refractivity contribution in [2.45, 2.75) is 39.0 Å². The highest BCUT2D eigenvalue weighted by atomic mass is 16.5. The SMILES string of the molecule is CCOC(=O)c1ccc(Nc2cnnc(NCCC3=CCCCC3)n2)cc1. The molecule has 0 radical (unpaired) electrons. The van der Waals surface area contributed by atoms with Crippen molar-refractivity contribution >= 4 is 23.4 Å². The summed E-state index contributed by atoms with van der Waals surface area (Å²) in [7, 11) is 0. The van der Waals surface area contributed by atoms with Gasteiger partial charge in [0.05, 0.1) is 18.4 Å². The Bertz CT molecular complexity index is 789. The fourth-order valence-electron chi connectivity index (χ4n) is 2.96. The van der Waals surface area contributed by atoms with Crippen LogP contribution in [0.3, 0.4) is 0 Å². The van der Waals surface area contributed by atoms with E-state index in [0.717, 1.165) is 18.7 Å². The highest BCUT2D eigenvalue weighted by Gasteiger charge is 2.07. The molecule has 1 aliphatic rings. The number of carbonyl (C=O) groups excluding carboxylic acids is 1. The van der Waals surface area contributed by atoms with Gasteiger partial charge in [0.25, 0.3) is 0 Å². The molecule has 1 aromatic heterocycles. The minimum atomic E-state index is -0.327. The van der Waals surface area contributed by atoms with Crippen molar-refractivity contribution < 1.29 is 9.53 Å². The molecule has 3 rings (SSSR count). The van der Waals surface area contributed by atoms with Crippen LogP contribution in [-0.2, 0) is 4.74 Å². The van der Waals surface area contributed by atoms with Gasteiger partial charge in [-0.25, -0.2) is 4.79 Å². The molecule has 0 fully saturated rings. The van der Waals surface area contributed by atoms with Gasteiger partial charge in [-0.15, -0.1) is 5.10 Å². The van der Waals surface area contributed by atoms with E-state index in [1.54, 1.807) is 37.4 Å². The van der Waals surface area contributed by atoms with Crippen molar-refractivity contribution in [3.63, 3.8) is 0 Å². The number of nitrogens with zero attached hydrogens (tertiary/aromatic N) is 3. The van der Waals surface area contributed by atoms with E-state index in [1.165, 1.54) is 31.3 Å². The molecule has 0 aliphatic heterocycles. The summed E-state index contributed by atoms with van der Waals surface area (Å²) in [5.41, 5.74) is 2.84. The maximum Gasteiger partial charge on any atom is 0.338 e. The van der Waals surface area contributed by atoms with Crippen LogP contribution in [0.4, 0.5) is 17.5 Å². The summed E-state index contributed by atoms with van der Waals surface area (Å²) in [5.74, 6) is 0.764. The summed E-state index contributed by atoms with van der Waals surface area (Å²) in [4.78, 5) is 16.1. The zero-order valence-electron chi connectivity index (χ0n) is 15.6. The summed E-state index contributed by atoms with van der Waals surface area (Å²) in [6, 6.07) is 7.03. The van der Waals surface area contributed by atoms with E-state index >= 15 is 0 Å². The van der Waals surface area contributed by atoms with Crippen LogP contribution in [0.2, 0.25) is 0 Å². The fourth-order valence-corrected chi connectivity index (χ4v) is 2.96. The second kappa shape index (κ2) is 9.66. The smallest absolute Gasteiger partial charge is 0.338 e. The Morgan fingerprint density at radius 1 is 1.22 bits per heavy atom. The van der Waals surface area contributed by atoms with Crippen LogP contribution in [0, 0.1) is 0 Å². The number of anilines is 3. The zero-order valence-corrected chi connectivity index (χ0v) is 15.6. The number of aromatic nitrogens is 3. The molecule has 0 unspecified atom stereocenters. The van der Waals surface area contributed by atoms with Crippen LogP contribution >= 0.6 is 0 Å². The summed E-state index contributed by atoms with van der Waals surface area (Å²) >= 11 is 0. The van der Waals surface area contributed by atoms with Gasteiger partial charge in [-0.05, 0) is 63.3 Å². The Labute approximate surface area is 159 Å². The molecule has 7 heteroatoms. The number of allylic oxidation sites excluding steroid dienone is 1. The molecule has 0 spiro atoms. The van der Waals surface area contributed by atoms with Crippen molar-refractivity contribution in [1.82, 2.24) is 15.2 Å². The van der Waals surface area contributed by atoms with Gasteiger partial charge < -0.3 is 15.4 Å². The number of carbonyl (C=O) groups is 1. The molecular formula is C20H25N5O2. The molecule has 0 amide bonds. The zero-order chi connectivity index (χ0) is 18.9. The van der Waals surface area contributed by atoms with Crippen LogP contribution in [0.5, 0.6) is 0 Å². The number of rotatable bonds is 8. The summed E-state index contributed by atoms with van der Waals surface area (Å²) in [6.45, 7) is 2.94. The van der Waals surface area contributed by atoms with Gasteiger partial charge in [0, 0.05) is 12.2 Å². The Morgan fingerprint density at radius 2 is 2.07 bits per heavy atom. The second-order valence-corrected chi connectivity index (χ2v) is 6.37. The first-order valence-electron chi connectivity index (χ1n) is 9.40. The van der Waals surface area contributed by atoms with Crippen molar-refractivity contribution in [2.75, 3.05) is 23.8 Å². The monoisotopic (exact) mass is 367 g/mol. The molecule has 1 aliphatic carbocycles. The molecule has 2 N–H and O–H groups in total. The van der Waals surface area contributed by atoms with E-state index in [1.807, 2.05) is 0 Å². The molecule has 27 heavy (non-hydrogen) atoms. The van der Waals surface area contributed by atoms with Gasteiger partial charge in [0.1, 0.15) is 0 Å². The number of hydrogen-bond donors (Lipinski definition) is 2. The van der Waals surface area contributed by atoms with E-state index in [4.69, 9.17) is 4.74 Å². The topological polar surface area (TPSA) is 89.0 Å². The largest absolute Gasteiger partial charge is 0.462 e. The third kappa shape index (κ3) is 5.77. The first-order valence-corrected chi connectivity index (χ1v) is 9.40. The first-order chi connectivity index (χ1) is 13.2. The highest BCUT2D eigenvalue weighted by molar-refractivity contribution is 5.89. The van der Waals surface area contributed by atoms with Gasteiger partial charge in [0.2, 0.25) is 5.95 Å². The Kier molecular flexibility index (Phi) is 6.73. The molecule has 1 heterocycles. The average molecular weight is 367 g/mol. The van der Waals surface area contributed by atoms with Gasteiger partial charge in [0.15, 0.2) is 5.82 Å². The lowest BCUT2D eigenvalue weighted by Gasteiger charge is -2.13. The second-order valence-electron chi connectivity index (χ2n) is 6.37. The van der Waals surface area contributed by atoms with Crippen molar-refractivity contribution in [3.8, 4) is 0 Å². The van der Waals surface area contributed by atoms with Gasteiger partial charge >= 0.3 is 5.97 Å². The molecular weight excluding hydrogens is 342 g/mol. The standard InChI is InChI=1S/C20H25N5O2/c1-2-27-19(26)16-8-10-17(11-9-16)23-18-14-22-25-20(24-18)21-13-12-15-6-4-3-5-7-15/h6,8-11,14H,2-5,7,12-13H2,1H3,(H2,21,23,24,25). The van der Waals surface area contributed by atoms with E-state index in [9.17, 15) is 4.79 Å². The average Bonchev–Trinajstić information content (AvgIpc) is 2.70. The molecule has 7 nitrogen and oxygen atoms in total. The van der Waals surface area contributed by atoms with Crippen LogP contribution in [0.25, 0.3) is 0 Å². The Balaban J connectivity index is 1.54. The lowest BCUT2D eigenvalue weighted by Crippen LogP contribution is -2.09. The lowest BCUT2D eigenvalue weighted by molar-refractivity contribution is 0.0526. The Morgan fingerprint density at radius 3 is 2.81 bits per heavy atom. The predicted octanol–water partition coefficient (Wildman–Crippen LogP) is 4.09. The number of ether oxygens (including phenoxy) is 1. The molecule has 0 bridgehead atoms. The number of nitrogens with one attached hydrogen (secondary N) is 2. The van der Waals surface area contributed by atoms with Crippen LogP contribution < -0.4 is 10.6 Å². The van der Waals surface area contributed by atoms with Crippen molar-refractivity contribution in [1.29, 1.82) is 0 Å². The molecule has 0 saturated heterocycles. The third-order valence-electron chi connectivity index (χ3n) is 4.34. The van der Waals surface area contributed by atoms with Gasteiger partial charge in [-0.3, -0.25) is 0 Å². The first kappa shape index (κ1) is 18.8. The number of esters is 1. The maximum absolute atomic E-state index is 11.7. The van der Waals surface area contributed by atoms with Crippen LogP contribution in [-0.4, -0.2) is 34.3 Å². The quantitative estimate of drug-likeness (QED) is 0.536. The normalized spacial score (nSPS) is 13.6. The molecule has 0 atom stereocenters.